The summed E-state index contributed by atoms with van der Waals surface area (Å²) < 4.78 is 128. The van der Waals surface area contributed by atoms with Crippen LogP contribution >= 0.6 is 0 Å². The van der Waals surface area contributed by atoms with Gasteiger partial charge in [0.2, 0.25) is 0 Å². The maximum absolute atomic E-state index is 14.0. The fourth-order valence-electron chi connectivity index (χ4n) is 1.74. The van der Waals surface area contributed by atoms with Crippen LogP contribution in [0.4, 0.5) is 39.5 Å². The number of halogens is 9. The summed E-state index contributed by atoms with van der Waals surface area (Å²) in [6.45, 7) is 5.01. The first-order valence-corrected chi connectivity index (χ1v) is 15.7. The van der Waals surface area contributed by atoms with Gasteiger partial charge in [0.25, 0.3) is 0 Å². The van der Waals surface area contributed by atoms with Crippen molar-refractivity contribution in [3.63, 3.8) is 0 Å². The normalized spacial score (nSPS) is 19.2. The summed E-state index contributed by atoms with van der Waals surface area (Å²) in [5.74, 6) is -19.1. The molecule has 0 fully saturated rings. The minimum atomic E-state index is -6.87. The van der Waals surface area contributed by atoms with Gasteiger partial charge >= 0.3 is 23.9 Å². The third-order valence-corrected chi connectivity index (χ3v) is 21.3. The van der Waals surface area contributed by atoms with Gasteiger partial charge in [-0.25, -0.2) is 0 Å². The van der Waals surface area contributed by atoms with Gasteiger partial charge in [-0.3, -0.25) is 0 Å². The Balaban J connectivity index is 5.84. The molecule has 0 amide bonds. The second kappa shape index (κ2) is 7.41. The first-order valence-electron chi connectivity index (χ1n) is 6.75. The van der Waals surface area contributed by atoms with Crippen molar-refractivity contribution in [2.75, 3.05) is 0 Å². The number of hydrogen-bond acceptors (Lipinski definition) is 2. The van der Waals surface area contributed by atoms with Gasteiger partial charge in [0.1, 0.15) is 10.5 Å². The van der Waals surface area contributed by atoms with Crippen LogP contribution in [0.3, 0.4) is 0 Å². The van der Waals surface area contributed by atoms with Gasteiger partial charge in [-0.15, -0.1) is 0 Å². The minimum absolute atomic E-state index is 0.150. The zero-order chi connectivity index (χ0) is 19.8. The van der Waals surface area contributed by atoms with Crippen molar-refractivity contribution in [1.29, 1.82) is 0 Å². The Bertz CT molecular complexity index is 432. The molecule has 0 radical (unpaired) electrons. The molecule has 0 bridgehead atoms. The predicted octanol–water partition coefficient (Wildman–Crippen LogP) is 2.30. The second-order valence-electron chi connectivity index (χ2n) is 5.87. The van der Waals surface area contributed by atoms with Crippen molar-refractivity contribution in [3.8, 4) is 0 Å². The first-order chi connectivity index (χ1) is 10.4. The zero-order valence-corrected chi connectivity index (χ0v) is 19.1. The molecule has 0 saturated carbocycles. The average molecular weight is 443 g/mol. The highest BCUT2D eigenvalue weighted by atomic mass is 29.2. The summed E-state index contributed by atoms with van der Waals surface area (Å²) >= 11 is 0. The smallest absolute Gasteiger partial charge is 0.460 e. The molecule has 0 aliphatic carbocycles. The van der Waals surface area contributed by atoms with Crippen molar-refractivity contribution in [3.05, 3.63) is 0 Å². The second-order valence-corrected chi connectivity index (χ2v) is 19.8. The molecule has 0 saturated heterocycles. The fourth-order valence-corrected chi connectivity index (χ4v) is 16.0. The monoisotopic (exact) mass is 442 g/mol. The van der Waals surface area contributed by atoms with E-state index in [-0.39, 0.29) is 10.5 Å². The zero-order valence-electron chi connectivity index (χ0n) is 13.6. The molecular formula is C9H19F9O2Si4. The first kappa shape index (κ1) is 24.2. The van der Waals surface area contributed by atoms with Crippen LogP contribution in [0.2, 0.25) is 25.2 Å². The molecule has 0 aliphatic rings. The summed E-state index contributed by atoms with van der Waals surface area (Å²) in [5, 5.41) is 0. The largest absolute Gasteiger partial charge is 0.464 e. The van der Waals surface area contributed by atoms with Gasteiger partial charge in [0, 0.05) is 5.54 Å². The van der Waals surface area contributed by atoms with E-state index < -0.39 is 55.6 Å². The Hall–Kier alpha value is 0.158. The van der Waals surface area contributed by atoms with Crippen LogP contribution in [0.5, 0.6) is 0 Å². The molecule has 146 valence electrons. The third kappa shape index (κ3) is 4.28. The molecule has 0 N–H and O–H groups in total. The lowest BCUT2D eigenvalue weighted by molar-refractivity contribution is -0.396. The van der Waals surface area contributed by atoms with E-state index in [1.807, 2.05) is 0 Å². The van der Waals surface area contributed by atoms with Crippen LogP contribution in [-0.2, 0) is 8.23 Å². The fraction of sp³-hybridized carbons (Fsp3) is 1.00. The molecule has 0 heterocycles. The van der Waals surface area contributed by atoms with Crippen LogP contribution in [-0.4, -0.2) is 60.6 Å². The highest BCUT2D eigenvalue weighted by Crippen LogP contribution is 2.57. The maximum atomic E-state index is 14.0. The summed E-state index contributed by atoms with van der Waals surface area (Å²) in [6.07, 6.45) is -6.81. The van der Waals surface area contributed by atoms with Crippen molar-refractivity contribution in [2.45, 2.75) is 56.0 Å². The van der Waals surface area contributed by atoms with Crippen molar-refractivity contribution in [2.24, 2.45) is 0 Å². The van der Waals surface area contributed by atoms with Crippen molar-refractivity contribution in [1.82, 2.24) is 0 Å². The maximum Gasteiger partial charge on any atom is 0.460 e. The highest BCUT2D eigenvalue weighted by Gasteiger charge is 2.83. The molecule has 2 unspecified atom stereocenters. The molecule has 0 spiro atoms. The standard InChI is InChI=1S/C9H19F9O2Si4/c1-5(24(4,19-21)22-20-23(2)3)6(10,11)7(12,13)8(14,15)9(16,17)18/h5,23H,22H2,1-4,21H3. The lowest BCUT2D eigenvalue weighted by Crippen LogP contribution is -2.66. The van der Waals surface area contributed by atoms with Gasteiger partial charge in [0.05, 0.1) is 0 Å². The van der Waals surface area contributed by atoms with Gasteiger partial charge in [-0.1, -0.05) is 6.92 Å². The molecule has 2 nitrogen and oxygen atoms in total. The molecule has 0 aromatic heterocycles. The topological polar surface area (TPSA) is 18.5 Å². The van der Waals surface area contributed by atoms with E-state index in [9.17, 15) is 39.5 Å². The molecule has 0 aliphatic heterocycles. The van der Waals surface area contributed by atoms with E-state index in [4.69, 9.17) is 8.23 Å². The van der Waals surface area contributed by atoms with E-state index in [1.165, 1.54) is 0 Å². The van der Waals surface area contributed by atoms with Gasteiger partial charge in [-0.2, -0.15) is 39.5 Å². The summed E-state index contributed by atoms with van der Waals surface area (Å²) in [7, 11) is -7.46. The Kier molecular flexibility index (Phi) is 7.46. The molecule has 15 heteroatoms. The molecule has 0 aromatic carbocycles. The van der Waals surface area contributed by atoms with Crippen molar-refractivity contribution < 1.29 is 47.7 Å². The lowest BCUT2D eigenvalue weighted by Gasteiger charge is -2.42. The van der Waals surface area contributed by atoms with E-state index in [1.54, 1.807) is 13.1 Å². The Morgan fingerprint density at radius 2 is 1.38 bits per heavy atom. The lowest BCUT2D eigenvalue weighted by atomic mass is 10.0. The highest BCUT2D eigenvalue weighted by molar-refractivity contribution is 7.21. The predicted molar refractivity (Wildman–Crippen MR) is 81.5 cm³/mol. The van der Waals surface area contributed by atoms with Crippen LogP contribution < -0.4 is 0 Å². The molecular weight excluding hydrogens is 423 g/mol. The third-order valence-electron chi connectivity index (χ3n) is 3.80. The number of alkyl halides is 9. The van der Waals surface area contributed by atoms with Crippen LogP contribution in [0.1, 0.15) is 6.92 Å². The van der Waals surface area contributed by atoms with E-state index >= 15 is 0 Å². The van der Waals surface area contributed by atoms with Gasteiger partial charge < -0.3 is 8.23 Å². The summed E-state index contributed by atoms with van der Waals surface area (Å²) in [5.41, 5.74) is -2.47. The van der Waals surface area contributed by atoms with Gasteiger partial charge in [-0.05, 0) is 19.6 Å². The molecule has 24 heavy (non-hydrogen) atoms. The molecule has 2 atom stereocenters. The quantitative estimate of drug-likeness (QED) is 0.424. The van der Waals surface area contributed by atoms with Crippen LogP contribution in [0.15, 0.2) is 0 Å². The van der Waals surface area contributed by atoms with Crippen LogP contribution in [0, 0.1) is 0 Å². The van der Waals surface area contributed by atoms with E-state index in [0.29, 0.717) is 6.92 Å². The number of rotatable bonds is 8. The Labute approximate surface area is 141 Å². The molecule has 0 aromatic rings. The summed E-state index contributed by atoms with van der Waals surface area (Å²) in [4.78, 5) is 0. The molecule has 0 rings (SSSR count). The SMILES string of the molecule is CC(C(F)(F)C(F)(F)C(F)(F)C(F)(F)F)[Si](C)(O[SiH3])[SiH2]O[SiH](C)C. The Morgan fingerprint density at radius 3 is 1.67 bits per heavy atom. The van der Waals surface area contributed by atoms with E-state index in [2.05, 4.69) is 0 Å². The van der Waals surface area contributed by atoms with Crippen molar-refractivity contribution >= 4 is 36.6 Å². The average Bonchev–Trinajstić information content (AvgIpc) is 2.42. The minimum Gasteiger partial charge on any atom is -0.464 e. The van der Waals surface area contributed by atoms with E-state index in [0.717, 1.165) is 6.55 Å². The Morgan fingerprint density at radius 1 is 0.958 bits per heavy atom. The van der Waals surface area contributed by atoms with Crippen LogP contribution in [0.25, 0.3) is 0 Å². The van der Waals surface area contributed by atoms with Gasteiger partial charge in [0.15, 0.2) is 26.2 Å². The number of hydrogen-bond donors (Lipinski definition) is 0. The summed E-state index contributed by atoms with van der Waals surface area (Å²) in [6, 6.07) is 0.